The van der Waals surface area contributed by atoms with Crippen molar-refractivity contribution in [3.05, 3.63) is 0 Å². The molecule has 0 aromatic carbocycles. The summed E-state index contributed by atoms with van der Waals surface area (Å²) in [6.07, 6.45) is 5.25. The Morgan fingerprint density at radius 3 is 2.29 bits per heavy atom. The molecule has 21 heavy (non-hydrogen) atoms. The Balaban J connectivity index is 1.73. The summed E-state index contributed by atoms with van der Waals surface area (Å²) in [4.78, 5) is 2.51. The van der Waals surface area contributed by atoms with Gasteiger partial charge in [-0.15, -0.1) is 0 Å². The second kappa shape index (κ2) is 5.20. The topological polar surface area (TPSA) is 49.4 Å². The van der Waals surface area contributed by atoms with Gasteiger partial charge in [0, 0.05) is 36.5 Å². The van der Waals surface area contributed by atoms with Gasteiger partial charge in [0.25, 0.3) is 0 Å². The van der Waals surface area contributed by atoms with E-state index in [1.165, 1.54) is 25.7 Å². The number of sulfone groups is 1. The average molecular weight is 314 g/mol. The molecule has 2 saturated carbocycles. The van der Waals surface area contributed by atoms with Crippen molar-refractivity contribution in [2.75, 3.05) is 31.1 Å². The largest absolute Gasteiger partial charge is 0.308 e. The molecule has 1 heterocycles. The quantitative estimate of drug-likeness (QED) is 0.810. The fourth-order valence-corrected chi connectivity index (χ4v) is 4.74. The van der Waals surface area contributed by atoms with Crippen LogP contribution >= 0.6 is 0 Å². The first-order chi connectivity index (χ1) is 9.79. The molecule has 0 amide bonds. The number of nitrogens with zero attached hydrogens (tertiary/aromatic N) is 1. The van der Waals surface area contributed by atoms with Gasteiger partial charge in [0.05, 0.1) is 5.75 Å². The van der Waals surface area contributed by atoms with Crippen molar-refractivity contribution in [1.82, 2.24) is 10.2 Å². The van der Waals surface area contributed by atoms with E-state index in [-0.39, 0.29) is 16.8 Å². The van der Waals surface area contributed by atoms with Gasteiger partial charge < -0.3 is 5.32 Å². The Kier molecular flexibility index (Phi) is 3.90. The van der Waals surface area contributed by atoms with E-state index in [2.05, 4.69) is 24.1 Å². The first-order valence-corrected chi connectivity index (χ1v) is 10.3. The zero-order valence-corrected chi connectivity index (χ0v) is 14.5. The van der Waals surface area contributed by atoms with E-state index in [1.54, 1.807) is 6.92 Å². The van der Waals surface area contributed by atoms with E-state index in [4.69, 9.17) is 0 Å². The van der Waals surface area contributed by atoms with Crippen molar-refractivity contribution in [3.63, 3.8) is 0 Å². The van der Waals surface area contributed by atoms with E-state index < -0.39 is 9.84 Å². The molecule has 1 aliphatic heterocycles. The second-order valence-corrected chi connectivity index (χ2v) is 10.3. The van der Waals surface area contributed by atoms with Crippen LogP contribution < -0.4 is 5.32 Å². The molecule has 122 valence electrons. The molecule has 0 spiro atoms. The lowest BCUT2D eigenvalue weighted by molar-refractivity contribution is 0.00394. The van der Waals surface area contributed by atoms with Crippen molar-refractivity contribution in [2.45, 2.75) is 57.5 Å². The summed E-state index contributed by atoms with van der Waals surface area (Å²) in [7, 11) is -2.88. The molecule has 3 fully saturated rings. The fraction of sp³-hybridized carbons (Fsp3) is 1.00. The lowest BCUT2D eigenvalue weighted by Gasteiger charge is -2.53. The van der Waals surface area contributed by atoms with Crippen LogP contribution in [0.5, 0.6) is 0 Å². The molecule has 1 saturated heterocycles. The number of nitrogens with one attached hydrogen (secondary N) is 1. The molecule has 2 atom stereocenters. The van der Waals surface area contributed by atoms with Gasteiger partial charge in [-0.3, -0.25) is 4.90 Å². The van der Waals surface area contributed by atoms with Crippen LogP contribution in [0.4, 0.5) is 0 Å². The van der Waals surface area contributed by atoms with Crippen LogP contribution in [-0.4, -0.2) is 55.5 Å². The fourth-order valence-electron chi connectivity index (χ4n) is 3.96. The number of rotatable bonds is 6. The van der Waals surface area contributed by atoms with Crippen molar-refractivity contribution in [3.8, 4) is 0 Å². The summed E-state index contributed by atoms with van der Waals surface area (Å²) in [5.74, 6) is 2.11. The number of hydrogen-bond acceptors (Lipinski definition) is 4. The average Bonchev–Trinajstić information content (AvgIpc) is 3.31. The molecule has 1 N–H and O–H groups in total. The monoisotopic (exact) mass is 314 g/mol. The van der Waals surface area contributed by atoms with E-state index in [0.717, 1.165) is 24.9 Å². The van der Waals surface area contributed by atoms with Gasteiger partial charge in [-0.1, -0.05) is 6.92 Å². The van der Waals surface area contributed by atoms with Gasteiger partial charge in [-0.2, -0.15) is 0 Å². The van der Waals surface area contributed by atoms with Crippen LogP contribution in [0, 0.1) is 11.8 Å². The summed E-state index contributed by atoms with van der Waals surface area (Å²) < 4.78 is 23.8. The van der Waals surface area contributed by atoms with Crippen LogP contribution in [0.1, 0.15) is 46.5 Å². The Labute approximate surface area is 129 Å². The van der Waals surface area contributed by atoms with E-state index >= 15 is 0 Å². The molecule has 3 rings (SSSR count). The molecule has 0 radical (unpaired) electrons. The maximum atomic E-state index is 11.9. The summed E-state index contributed by atoms with van der Waals surface area (Å²) in [6, 6.07) is 0. The second-order valence-electron chi connectivity index (χ2n) is 7.83. The van der Waals surface area contributed by atoms with Crippen LogP contribution in [0.3, 0.4) is 0 Å². The van der Waals surface area contributed by atoms with Gasteiger partial charge in [-0.05, 0) is 51.4 Å². The van der Waals surface area contributed by atoms with Crippen molar-refractivity contribution < 1.29 is 8.42 Å². The summed E-state index contributed by atoms with van der Waals surface area (Å²) in [5, 5.41) is 3.82. The highest BCUT2D eigenvalue weighted by Gasteiger charge is 2.54. The molecule has 0 aromatic rings. The SMILES string of the molecule is CCS(=O)(=O)CCN1CC(C)(C2CC2)NCC1(C)C1CC1. The molecule has 3 aliphatic rings. The zero-order valence-electron chi connectivity index (χ0n) is 13.7. The maximum absolute atomic E-state index is 11.9. The molecule has 4 nitrogen and oxygen atoms in total. The lowest BCUT2D eigenvalue weighted by Crippen LogP contribution is -2.70. The number of hydrogen-bond donors (Lipinski definition) is 1. The van der Waals surface area contributed by atoms with E-state index in [0.29, 0.717) is 12.3 Å². The first-order valence-electron chi connectivity index (χ1n) is 8.49. The van der Waals surface area contributed by atoms with Crippen molar-refractivity contribution in [2.24, 2.45) is 11.8 Å². The lowest BCUT2D eigenvalue weighted by atomic mass is 9.83. The third-order valence-electron chi connectivity index (χ3n) is 6.14. The zero-order chi connectivity index (χ0) is 15.3. The van der Waals surface area contributed by atoms with Crippen LogP contribution in [-0.2, 0) is 9.84 Å². The molecule has 2 aliphatic carbocycles. The summed E-state index contributed by atoms with van der Waals surface area (Å²) in [6.45, 7) is 9.14. The molecular weight excluding hydrogens is 284 g/mol. The Morgan fingerprint density at radius 2 is 1.76 bits per heavy atom. The minimum atomic E-state index is -2.88. The van der Waals surface area contributed by atoms with Crippen LogP contribution in [0.2, 0.25) is 0 Å². The molecule has 5 heteroatoms. The van der Waals surface area contributed by atoms with Gasteiger partial charge in [0.1, 0.15) is 0 Å². The summed E-state index contributed by atoms with van der Waals surface area (Å²) >= 11 is 0. The van der Waals surface area contributed by atoms with E-state index in [1.807, 2.05) is 0 Å². The third kappa shape index (κ3) is 3.15. The highest BCUT2D eigenvalue weighted by molar-refractivity contribution is 7.91. The molecule has 2 unspecified atom stereocenters. The minimum absolute atomic E-state index is 0.150. The van der Waals surface area contributed by atoms with Crippen molar-refractivity contribution >= 4 is 9.84 Å². The Hall–Kier alpha value is -0.130. The highest BCUT2D eigenvalue weighted by Crippen LogP contribution is 2.48. The minimum Gasteiger partial charge on any atom is -0.308 e. The molecule has 0 aromatic heterocycles. The first kappa shape index (κ1) is 15.8. The Bertz CT molecular complexity index is 498. The van der Waals surface area contributed by atoms with E-state index in [9.17, 15) is 8.42 Å². The highest BCUT2D eigenvalue weighted by atomic mass is 32.2. The molecular formula is C16H30N2O2S. The van der Waals surface area contributed by atoms with Crippen LogP contribution in [0.15, 0.2) is 0 Å². The van der Waals surface area contributed by atoms with Crippen LogP contribution in [0.25, 0.3) is 0 Å². The number of piperazine rings is 1. The standard InChI is InChI=1S/C16H30N2O2S/c1-4-21(19,20)10-9-18-12-15(2,13-5-6-13)17-11-16(18,3)14-7-8-14/h13-14,17H,4-12H2,1-3H3. The third-order valence-corrected chi connectivity index (χ3v) is 7.82. The van der Waals surface area contributed by atoms with Gasteiger partial charge in [0.15, 0.2) is 9.84 Å². The van der Waals surface area contributed by atoms with Gasteiger partial charge in [-0.25, -0.2) is 8.42 Å². The predicted octanol–water partition coefficient (Wildman–Crippen LogP) is 1.66. The smallest absolute Gasteiger partial charge is 0.151 e. The molecule has 0 bridgehead atoms. The maximum Gasteiger partial charge on any atom is 0.151 e. The Morgan fingerprint density at radius 1 is 1.14 bits per heavy atom. The normalized spacial score (nSPS) is 38.6. The van der Waals surface area contributed by atoms with Gasteiger partial charge in [0.2, 0.25) is 0 Å². The van der Waals surface area contributed by atoms with Gasteiger partial charge >= 0.3 is 0 Å². The summed E-state index contributed by atoms with van der Waals surface area (Å²) in [5.41, 5.74) is 0.335. The van der Waals surface area contributed by atoms with Crippen molar-refractivity contribution in [1.29, 1.82) is 0 Å². The predicted molar refractivity (Wildman–Crippen MR) is 86.2 cm³/mol.